The average molecular weight is 310 g/mol. The fourth-order valence-corrected chi connectivity index (χ4v) is 3.46. The van der Waals surface area contributed by atoms with Gasteiger partial charge in [0.1, 0.15) is 10.0 Å². The van der Waals surface area contributed by atoms with Gasteiger partial charge in [0.15, 0.2) is 0 Å². The summed E-state index contributed by atoms with van der Waals surface area (Å²) in [5, 5.41) is 9.15. The maximum absolute atomic E-state index is 12.2. The third kappa shape index (κ3) is 2.88. The van der Waals surface area contributed by atoms with Gasteiger partial charge in [-0.15, -0.1) is 11.3 Å². The second kappa shape index (κ2) is 5.97. The van der Waals surface area contributed by atoms with E-state index in [4.69, 9.17) is 0 Å². The molecule has 0 fully saturated rings. The minimum absolute atomic E-state index is 0.0874. The molecule has 2 rings (SSSR count). The molecule has 2 heterocycles. The summed E-state index contributed by atoms with van der Waals surface area (Å²) in [6.45, 7) is 5.93. The van der Waals surface area contributed by atoms with Crippen molar-refractivity contribution >= 4 is 29.0 Å². The predicted molar refractivity (Wildman–Crippen MR) is 82.5 cm³/mol. The largest absolute Gasteiger partial charge is 0.344 e. The van der Waals surface area contributed by atoms with Gasteiger partial charge in [-0.2, -0.15) is 5.10 Å². The van der Waals surface area contributed by atoms with Crippen LogP contribution < -0.4 is 5.32 Å². The molecule has 0 aliphatic heterocycles. The van der Waals surface area contributed by atoms with E-state index in [2.05, 4.69) is 15.4 Å². The Hall–Kier alpha value is -1.34. The molecule has 0 saturated carbocycles. The van der Waals surface area contributed by atoms with E-state index in [1.54, 1.807) is 17.1 Å². The average Bonchev–Trinajstić information content (AvgIpc) is 2.95. The van der Waals surface area contributed by atoms with Crippen molar-refractivity contribution in [1.29, 1.82) is 0 Å². The van der Waals surface area contributed by atoms with Crippen molar-refractivity contribution in [3.05, 3.63) is 28.0 Å². The highest BCUT2D eigenvalue weighted by Crippen LogP contribution is 2.23. The second-order valence-electron chi connectivity index (χ2n) is 4.61. The number of aromatic nitrogens is 3. The summed E-state index contributed by atoms with van der Waals surface area (Å²) in [4.78, 5) is 16.5. The molecule has 1 atom stereocenters. The summed E-state index contributed by atoms with van der Waals surface area (Å²) in [6.07, 6.45) is 1.95. The van der Waals surface area contributed by atoms with E-state index < -0.39 is 0 Å². The summed E-state index contributed by atoms with van der Waals surface area (Å²) < 4.78 is 2.73. The first-order valence-electron chi connectivity index (χ1n) is 6.24. The summed E-state index contributed by atoms with van der Waals surface area (Å²) in [5.74, 6) is -0.142. The van der Waals surface area contributed by atoms with Gasteiger partial charge in [0.2, 0.25) is 0 Å². The Labute approximate surface area is 126 Å². The summed E-state index contributed by atoms with van der Waals surface area (Å²) in [5.41, 5.74) is 3.56. The number of hydrogen-bond donors (Lipinski definition) is 1. The zero-order valence-corrected chi connectivity index (χ0v) is 13.9. The number of thioether (sulfide) groups is 1. The molecule has 0 bridgehead atoms. The molecule has 2 aromatic rings. The van der Waals surface area contributed by atoms with Crippen LogP contribution in [0.4, 0.5) is 0 Å². The third-order valence-electron chi connectivity index (χ3n) is 3.24. The lowest BCUT2D eigenvalue weighted by Crippen LogP contribution is -2.27. The number of carbonyl (C=O) groups excluding carboxylic acids is 1. The number of aryl methyl sites for hydroxylation is 2. The van der Waals surface area contributed by atoms with Crippen molar-refractivity contribution in [2.45, 2.75) is 31.2 Å². The number of nitrogens with one attached hydrogen (secondary N) is 1. The number of hydrogen-bond acceptors (Lipinski definition) is 5. The van der Waals surface area contributed by atoms with Crippen LogP contribution in [-0.4, -0.2) is 26.9 Å². The van der Waals surface area contributed by atoms with E-state index in [1.807, 2.05) is 38.8 Å². The van der Waals surface area contributed by atoms with Crippen molar-refractivity contribution in [2.75, 3.05) is 6.26 Å². The highest BCUT2D eigenvalue weighted by molar-refractivity contribution is 8.00. The number of rotatable bonds is 4. The quantitative estimate of drug-likeness (QED) is 0.882. The normalized spacial score (nSPS) is 12.4. The van der Waals surface area contributed by atoms with Crippen molar-refractivity contribution in [3.63, 3.8) is 0 Å². The van der Waals surface area contributed by atoms with Crippen LogP contribution >= 0.6 is 23.1 Å². The molecule has 2 aromatic heterocycles. The first kappa shape index (κ1) is 15.1. The van der Waals surface area contributed by atoms with Gasteiger partial charge in [0, 0.05) is 23.7 Å². The molecular weight excluding hydrogens is 292 g/mol. The molecule has 1 N–H and O–H groups in total. The molecular formula is C13H18N4OS2. The van der Waals surface area contributed by atoms with Crippen molar-refractivity contribution in [2.24, 2.45) is 7.05 Å². The molecule has 7 heteroatoms. The molecule has 0 aliphatic rings. The van der Waals surface area contributed by atoms with Gasteiger partial charge in [-0.25, -0.2) is 4.98 Å². The standard InChI is InChI=1S/C13H18N4OS2/c1-7(11-8(2)16-17(4)9(11)3)14-12(18)10-6-20-13(15-10)19-5/h6-7H,1-5H3,(H,14,18)/t7-/m1/s1. The van der Waals surface area contributed by atoms with Gasteiger partial charge in [-0.05, 0) is 27.0 Å². The number of nitrogens with zero attached hydrogens (tertiary/aromatic N) is 3. The zero-order chi connectivity index (χ0) is 14.9. The first-order valence-corrected chi connectivity index (χ1v) is 8.35. The number of thiazole rings is 1. The Morgan fingerprint density at radius 1 is 1.50 bits per heavy atom. The topological polar surface area (TPSA) is 59.8 Å². The van der Waals surface area contributed by atoms with Crippen molar-refractivity contribution < 1.29 is 4.79 Å². The van der Waals surface area contributed by atoms with Crippen LogP contribution in [-0.2, 0) is 7.05 Å². The van der Waals surface area contributed by atoms with Crippen LogP contribution in [0.1, 0.15) is 40.4 Å². The fourth-order valence-electron chi connectivity index (χ4n) is 2.21. The van der Waals surface area contributed by atoms with Crippen LogP contribution in [0.3, 0.4) is 0 Å². The minimum Gasteiger partial charge on any atom is -0.344 e. The Balaban J connectivity index is 2.15. The zero-order valence-electron chi connectivity index (χ0n) is 12.2. The van der Waals surface area contributed by atoms with E-state index in [0.717, 1.165) is 21.3 Å². The monoisotopic (exact) mass is 310 g/mol. The van der Waals surface area contributed by atoms with Crippen molar-refractivity contribution in [3.8, 4) is 0 Å². The third-order valence-corrected chi connectivity index (χ3v) is 5.10. The molecule has 0 aliphatic carbocycles. The molecule has 0 saturated heterocycles. The number of carbonyl (C=O) groups is 1. The van der Waals surface area contributed by atoms with Gasteiger partial charge in [0.05, 0.1) is 11.7 Å². The lowest BCUT2D eigenvalue weighted by molar-refractivity contribution is 0.0935. The summed E-state index contributed by atoms with van der Waals surface area (Å²) in [7, 11) is 1.91. The van der Waals surface area contributed by atoms with Gasteiger partial charge < -0.3 is 5.32 Å². The van der Waals surface area contributed by atoms with E-state index in [-0.39, 0.29) is 11.9 Å². The highest BCUT2D eigenvalue weighted by atomic mass is 32.2. The SMILES string of the molecule is CSc1nc(C(=O)N[C@H](C)c2c(C)nn(C)c2C)cs1. The fraction of sp³-hybridized carbons (Fsp3) is 0.462. The first-order chi connectivity index (χ1) is 9.43. The molecule has 0 unspecified atom stereocenters. The van der Waals surface area contributed by atoms with Crippen LogP contribution in [0, 0.1) is 13.8 Å². The van der Waals surface area contributed by atoms with Gasteiger partial charge in [-0.3, -0.25) is 9.48 Å². The van der Waals surface area contributed by atoms with Gasteiger partial charge in [0.25, 0.3) is 5.91 Å². The van der Waals surface area contributed by atoms with Crippen LogP contribution in [0.25, 0.3) is 0 Å². The second-order valence-corrected chi connectivity index (χ2v) is 6.52. The van der Waals surface area contributed by atoms with E-state index in [0.29, 0.717) is 5.69 Å². The lowest BCUT2D eigenvalue weighted by Gasteiger charge is -2.13. The Bertz CT molecular complexity index is 632. The predicted octanol–water partition coefficient (Wildman–Crippen LogP) is 2.71. The van der Waals surface area contributed by atoms with E-state index in [9.17, 15) is 4.79 Å². The number of amides is 1. The summed E-state index contributed by atoms with van der Waals surface area (Å²) >= 11 is 3.03. The maximum Gasteiger partial charge on any atom is 0.271 e. The summed E-state index contributed by atoms with van der Waals surface area (Å²) in [6, 6.07) is -0.0874. The molecule has 0 radical (unpaired) electrons. The Morgan fingerprint density at radius 3 is 2.70 bits per heavy atom. The molecule has 0 spiro atoms. The lowest BCUT2D eigenvalue weighted by atomic mass is 10.1. The molecule has 108 valence electrons. The van der Waals surface area contributed by atoms with Crippen LogP contribution in [0.2, 0.25) is 0 Å². The van der Waals surface area contributed by atoms with Gasteiger partial charge in [-0.1, -0.05) is 11.8 Å². The molecule has 0 aromatic carbocycles. The van der Waals surface area contributed by atoms with E-state index in [1.165, 1.54) is 11.3 Å². The smallest absolute Gasteiger partial charge is 0.271 e. The Kier molecular flexibility index (Phi) is 4.49. The van der Waals surface area contributed by atoms with Gasteiger partial charge >= 0.3 is 0 Å². The van der Waals surface area contributed by atoms with Crippen LogP contribution in [0.15, 0.2) is 9.72 Å². The van der Waals surface area contributed by atoms with Crippen molar-refractivity contribution in [1.82, 2.24) is 20.1 Å². The highest BCUT2D eigenvalue weighted by Gasteiger charge is 2.19. The maximum atomic E-state index is 12.2. The van der Waals surface area contributed by atoms with Crippen LogP contribution in [0.5, 0.6) is 0 Å². The molecule has 20 heavy (non-hydrogen) atoms. The molecule has 5 nitrogen and oxygen atoms in total. The molecule has 1 amide bonds. The minimum atomic E-state index is -0.142. The van der Waals surface area contributed by atoms with E-state index >= 15 is 0 Å². The Morgan fingerprint density at radius 2 is 2.20 bits per heavy atom.